The van der Waals surface area contributed by atoms with Gasteiger partial charge in [0.25, 0.3) is 0 Å². The molecule has 0 heterocycles. The van der Waals surface area contributed by atoms with E-state index in [2.05, 4.69) is 13.8 Å². The molecule has 12 heavy (non-hydrogen) atoms. The number of rotatable bonds is 5. The first-order valence-electron chi connectivity index (χ1n) is 4.78. The van der Waals surface area contributed by atoms with E-state index in [1.165, 1.54) is 0 Å². The van der Waals surface area contributed by atoms with Gasteiger partial charge in [0.1, 0.15) is 0 Å². The van der Waals surface area contributed by atoms with Gasteiger partial charge >= 0.3 is 0 Å². The third-order valence-electron chi connectivity index (χ3n) is 1.86. The smallest absolute Gasteiger partial charge is 0.162 e. The van der Waals surface area contributed by atoms with Gasteiger partial charge < -0.3 is 10.2 Å². The van der Waals surface area contributed by atoms with Crippen LogP contribution in [0.1, 0.15) is 47.0 Å². The maximum absolute atomic E-state index is 9.49. The summed E-state index contributed by atoms with van der Waals surface area (Å²) in [6, 6.07) is 0. The first kappa shape index (κ1) is 11.9. The van der Waals surface area contributed by atoms with Crippen LogP contribution in [-0.2, 0) is 0 Å². The summed E-state index contributed by atoms with van der Waals surface area (Å²) in [7, 11) is 0. The van der Waals surface area contributed by atoms with Crippen LogP contribution in [0.5, 0.6) is 0 Å². The molecule has 2 heteroatoms. The average Bonchev–Trinajstić information content (AvgIpc) is 1.81. The second-order valence-corrected chi connectivity index (χ2v) is 4.51. The molecule has 74 valence electrons. The minimum absolute atomic E-state index is 0.340. The summed E-state index contributed by atoms with van der Waals surface area (Å²) in [5.41, 5.74) is 0. The number of hydrogen-bond donors (Lipinski definition) is 2. The van der Waals surface area contributed by atoms with Gasteiger partial charge in [0.15, 0.2) is 5.79 Å². The van der Waals surface area contributed by atoms with Crippen molar-refractivity contribution in [2.75, 3.05) is 0 Å². The predicted octanol–water partition coefficient (Wildman–Crippen LogP) is 2.15. The molecule has 0 bridgehead atoms. The fourth-order valence-electron chi connectivity index (χ4n) is 1.28. The minimum atomic E-state index is -1.45. The molecule has 0 atom stereocenters. The fourth-order valence-corrected chi connectivity index (χ4v) is 1.28. The summed E-state index contributed by atoms with van der Waals surface area (Å²) in [5, 5.41) is 19.0. The van der Waals surface area contributed by atoms with Crippen LogP contribution in [0.3, 0.4) is 0 Å². The van der Waals surface area contributed by atoms with Crippen LogP contribution in [0.2, 0.25) is 0 Å². The lowest BCUT2D eigenvalue weighted by atomic mass is 9.95. The molecule has 0 amide bonds. The normalized spacial score (nSPS) is 13.0. The Hall–Kier alpha value is -0.0800. The van der Waals surface area contributed by atoms with Crippen molar-refractivity contribution in [2.45, 2.75) is 52.7 Å². The fraction of sp³-hybridized carbons (Fsp3) is 1.00. The van der Waals surface area contributed by atoms with Gasteiger partial charge in [0, 0.05) is 12.8 Å². The molecule has 2 nitrogen and oxygen atoms in total. The Kier molecular flexibility index (Phi) is 4.80. The van der Waals surface area contributed by atoms with Crippen molar-refractivity contribution in [3.8, 4) is 0 Å². The molecule has 0 aliphatic rings. The van der Waals surface area contributed by atoms with Crippen LogP contribution >= 0.6 is 0 Å². The van der Waals surface area contributed by atoms with Crippen molar-refractivity contribution in [2.24, 2.45) is 11.8 Å². The Morgan fingerprint density at radius 1 is 1.00 bits per heavy atom. The molecule has 0 fully saturated rings. The molecule has 0 aliphatic carbocycles. The van der Waals surface area contributed by atoms with E-state index in [1.54, 1.807) is 0 Å². The molecule has 0 aromatic carbocycles. The van der Waals surface area contributed by atoms with Crippen molar-refractivity contribution in [1.82, 2.24) is 0 Å². The zero-order chi connectivity index (χ0) is 9.78. The van der Waals surface area contributed by atoms with Crippen molar-refractivity contribution < 1.29 is 10.2 Å². The van der Waals surface area contributed by atoms with E-state index in [0.717, 1.165) is 6.42 Å². The third kappa shape index (κ3) is 6.62. The van der Waals surface area contributed by atoms with E-state index >= 15 is 0 Å². The summed E-state index contributed by atoms with van der Waals surface area (Å²) < 4.78 is 0. The van der Waals surface area contributed by atoms with E-state index in [-0.39, 0.29) is 0 Å². The maximum Gasteiger partial charge on any atom is 0.162 e. The van der Waals surface area contributed by atoms with E-state index in [4.69, 9.17) is 0 Å². The summed E-state index contributed by atoms with van der Waals surface area (Å²) in [4.78, 5) is 0. The molecule has 0 aliphatic heterocycles. The summed E-state index contributed by atoms with van der Waals surface area (Å²) in [6.45, 7) is 8.17. The average molecular weight is 174 g/mol. The first-order chi connectivity index (χ1) is 5.33. The van der Waals surface area contributed by atoms with Gasteiger partial charge in [-0.15, -0.1) is 0 Å². The Morgan fingerprint density at radius 2 is 1.50 bits per heavy atom. The summed E-state index contributed by atoms with van der Waals surface area (Å²) in [6.07, 6.45) is 1.84. The molecular formula is C10H22O2. The molecule has 2 N–H and O–H groups in total. The topological polar surface area (TPSA) is 40.5 Å². The van der Waals surface area contributed by atoms with Crippen LogP contribution in [0, 0.1) is 11.8 Å². The zero-order valence-electron chi connectivity index (χ0n) is 8.67. The van der Waals surface area contributed by atoms with E-state index < -0.39 is 5.79 Å². The second-order valence-electron chi connectivity index (χ2n) is 4.51. The lowest BCUT2D eigenvalue weighted by molar-refractivity contribution is -0.178. The van der Waals surface area contributed by atoms with Gasteiger partial charge in [-0.1, -0.05) is 27.7 Å². The number of aliphatic hydroxyl groups is 2. The number of hydrogen-bond acceptors (Lipinski definition) is 2. The SMILES string of the molecule is CC(C)CCC(O)(O)CC(C)C. The van der Waals surface area contributed by atoms with Crippen LogP contribution in [0.4, 0.5) is 0 Å². The van der Waals surface area contributed by atoms with E-state index in [9.17, 15) is 10.2 Å². The third-order valence-corrected chi connectivity index (χ3v) is 1.86. The van der Waals surface area contributed by atoms with E-state index in [0.29, 0.717) is 24.7 Å². The highest BCUT2D eigenvalue weighted by atomic mass is 16.5. The van der Waals surface area contributed by atoms with Crippen molar-refractivity contribution in [3.63, 3.8) is 0 Å². The Bertz CT molecular complexity index is 117. The summed E-state index contributed by atoms with van der Waals surface area (Å²) >= 11 is 0. The molecular weight excluding hydrogens is 152 g/mol. The molecule has 0 radical (unpaired) electrons. The van der Waals surface area contributed by atoms with Crippen LogP contribution in [0.15, 0.2) is 0 Å². The van der Waals surface area contributed by atoms with Gasteiger partial charge in [-0.3, -0.25) is 0 Å². The monoisotopic (exact) mass is 174 g/mol. The minimum Gasteiger partial charge on any atom is -0.366 e. The highest BCUT2D eigenvalue weighted by Crippen LogP contribution is 2.21. The molecule has 0 saturated heterocycles. The quantitative estimate of drug-likeness (QED) is 0.627. The zero-order valence-corrected chi connectivity index (χ0v) is 8.67. The van der Waals surface area contributed by atoms with Gasteiger partial charge in [-0.05, 0) is 18.3 Å². The van der Waals surface area contributed by atoms with Crippen LogP contribution in [-0.4, -0.2) is 16.0 Å². The largest absolute Gasteiger partial charge is 0.366 e. The van der Waals surface area contributed by atoms with Gasteiger partial charge in [0.05, 0.1) is 0 Å². The van der Waals surface area contributed by atoms with Crippen molar-refractivity contribution >= 4 is 0 Å². The highest BCUT2D eigenvalue weighted by Gasteiger charge is 2.23. The maximum atomic E-state index is 9.49. The van der Waals surface area contributed by atoms with Crippen LogP contribution in [0.25, 0.3) is 0 Å². The first-order valence-corrected chi connectivity index (χ1v) is 4.78. The van der Waals surface area contributed by atoms with Crippen LogP contribution < -0.4 is 0 Å². The molecule has 0 unspecified atom stereocenters. The Morgan fingerprint density at radius 3 is 1.83 bits per heavy atom. The van der Waals surface area contributed by atoms with Crippen molar-refractivity contribution in [1.29, 1.82) is 0 Å². The molecule has 0 saturated carbocycles. The highest BCUT2D eigenvalue weighted by molar-refractivity contribution is 4.67. The second kappa shape index (κ2) is 4.83. The molecule has 0 aromatic heterocycles. The lowest BCUT2D eigenvalue weighted by Crippen LogP contribution is -2.30. The van der Waals surface area contributed by atoms with Gasteiger partial charge in [-0.2, -0.15) is 0 Å². The van der Waals surface area contributed by atoms with Gasteiger partial charge in [0.2, 0.25) is 0 Å². The summed E-state index contributed by atoms with van der Waals surface area (Å²) in [5.74, 6) is -0.568. The Labute approximate surface area is 75.6 Å². The molecule has 0 aromatic rings. The molecule has 0 rings (SSSR count). The molecule has 0 spiro atoms. The lowest BCUT2D eigenvalue weighted by Gasteiger charge is -2.24. The van der Waals surface area contributed by atoms with E-state index in [1.807, 2.05) is 13.8 Å². The van der Waals surface area contributed by atoms with Gasteiger partial charge in [-0.25, -0.2) is 0 Å². The standard InChI is InChI=1S/C10H22O2/c1-8(2)5-6-10(11,12)7-9(3)4/h8-9,11-12H,5-7H2,1-4H3. The Balaban J connectivity index is 3.71. The predicted molar refractivity (Wildman–Crippen MR) is 50.7 cm³/mol. The van der Waals surface area contributed by atoms with Crippen molar-refractivity contribution in [3.05, 3.63) is 0 Å².